The highest BCUT2D eigenvalue weighted by Gasteiger charge is 2.15. The van der Waals surface area contributed by atoms with Gasteiger partial charge in [0.15, 0.2) is 0 Å². The van der Waals surface area contributed by atoms with Gasteiger partial charge in [0, 0.05) is 12.5 Å². The largest absolute Gasteiger partial charge is 0.396 e. The molecule has 0 fully saturated rings. The second kappa shape index (κ2) is 10.5. The summed E-state index contributed by atoms with van der Waals surface area (Å²) in [5, 5.41) is 19.0. The highest BCUT2D eigenvalue weighted by atomic mass is 16.7. The van der Waals surface area contributed by atoms with Crippen LogP contribution in [0.4, 0.5) is 0 Å². The Hall–Kier alpha value is -1.20. The molecule has 2 N–H and O–H groups in total. The molecule has 0 saturated carbocycles. The van der Waals surface area contributed by atoms with Gasteiger partial charge in [-0.3, -0.25) is 0 Å². The molecule has 124 valence electrons. The minimum Gasteiger partial charge on any atom is -0.396 e. The van der Waals surface area contributed by atoms with Crippen LogP contribution in [0.2, 0.25) is 0 Å². The monoisotopic (exact) mass is 308 g/mol. The van der Waals surface area contributed by atoms with Crippen molar-refractivity contribution in [2.45, 2.75) is 33.5 Å². The van der Waals surface area contributed by atoms with Crippen molar-refractivity contribution in [1.82, 2.24) is 0 Å². The standard InChI is InChI=1S/C18H28O4/c1-14(9-15(2)18(20)16(3)10-19)11-21-13-22-12-17-7-5-4-6-8-17/h4-9,14,16,18-20H,10-13H2,1-3H3/b15-9+/t14-,16-,18-/m1/s1. The van der Waals surface area contributed by atoms with Crippen LogP contribution in [0.5, 0.6) is 0 Å². The van der Waals surface area contributed by atoms with Crippen LogP contribution in [0.1, 0.15) is 26.3 Å². The molecule has 0 spiro atoms. The number of aliphatic hydroxyl groups is 2. The summed E-state index contributed by atoms with van der Waals surface area (Å²) in [4.78, 5) is 0. The molecule has 0 aliphatic heterocycles. The molecular weight excluding hydrogens is 280 g/mol. The third kappa shape index (κ3) is 7.18. The summed E-state index contributed by atoms with van der Waals surface area (Å²) < 4.78 is 10.9. The van der Waals surface area contributed by atoms with Crippen molar-refractivity contribution in [1.29, 1.82) is 0 Å². The highest BCUT2D eigenvalue weighted by molar-refractivity contribution is 5.13. The molecule has 4 heteroatoms. The molecule has 0 unspecified atom stereocenters. The normalized spacial score (nSPS) is 16.3. The zero-order valence-electron chi connectivity index (χ0n) is 13.7. The van der Waals surface area contributed by atoms with Gasteiger partial charge in [-0.2, -0.15) is 0 Å². The molecule has 1 aromatic carbocycles. The summed E-state index contributed by atoms with van der Waals surface area (Å²) in [6.07, 6.45) is 1.37. The number of hydrogen-bond donors (Lipinski definition) is 2. The Bertz CT molecular complexity index is 430. The summed E-state index contributed by atoms with van der Waals surface area (Å²) in [6, 6.07) is 9.96. The lowest BCUT2D eigenvalue weighted by atomic mass is 9.96. The Morgan fingerprint density at radius 2 is 1.86 bits per heavy atom. The van der Waals surface area contributed by atoms with E-state index in [9.17, 15) is 5.11 Å². The molecule has 0 aliphatic carbocycles. The van der Waals surface area contributed by atoms with Gasteiger partial charge in [0.05, 0.1) is 19.3 Å². The van der Waals surface area contributed by atoms with Crippen molar-refractivity contribution in [3.63, 3.8) is 0 Å². The first-order valence-electron chi connectivity index (χ1n) is 7.71. The van der Waals surface area contributed by atoms with Gasteiger partial charge in [0.1, 0.15) is 6.79 Å². The minimum atomic E-state index is -0.609. The van der Waals surface area contributed by atoms with Crippen LogP contribution < -0.4 is 0 Å². The second-order valence-corrected chi connectivity index (χ2v) is 5.82. The molecule has 0 aromatic heterocycles. The number of hydrogen-bond acceptors (Lipinski definition) is 4. The van der Waals surface area contributed by atoms with Crippen molar-refractivity contribution in [2.24, 2.45) is 11.8 Å². The molecule has 1 rings (SSSR count). The van der Waals surface area contributed by atoms with Gasteiger partial charge in [-0.05, 0) is 24.0 Å². The SMILES string of the molecule is C/C(=C\[C@@H](C)COCOCc1ccccc1)[C@@H](O)[C@H](C)CO. The second-order valence-electron chi connectivity index (χ2n) is 5.82. The van der Waals surface area contributed by atoms with Crippen molar-refractivity contribution in [3.8, 4) is 0 Å². The van der Waals surface area contributed by atoms with Gasteiger partial charge < -0.3 is 19.7 Å². The van der Waals surface area contributed by atoms with Crippen molar-refractivity contribution < 1.29 is 19.7 Å². The summed E-state index contributed by atoms with van der Waals surface area (Å²) >= 11 is 0. The molecule has 1 aromatic rings. The van der Waals surface area contributed by atoms with Gasteiger partial charge in [0.25, 0.3) is 0 Å². The average Bonchev–Trinajstić information content (AvgIpc) is 2.53. The molecule has 0 amide bonds. The zero-order chi connectivity index (χ0) is 16.4. The van der Waals surface area contributed by atoms with Crippen molar-refractivity contribution in [3.05, 3.63) is 47.5 Å². The summed E-state index contributed by atoms with van der Waals surface area (Å²) in [5.41, 5.74) is 1.99. The van der Waals surface area contributed by atoms with Crippen LogP contribution in [0, 0.1) is 11.8 Å². The van der Waals surface area contributed by atoms with E-state index < -0.39 is 6.10 Å². The Morgan fingerprint density at radius 3 is 2.50 bits per heavy atom. The molecule has 0 heterocycles. The highest BCUT2D eigenvalue weighted by Crippen LogP contribution is 2.14. The van der Waals surface area contributed by atoms with E-state index in [1.807, 2.05) is 57.2 Å². The third-order valence-corrected chi connectivity index (χ3v) is 3.50. The van der Waals surface area contributed by atoms with Crippen LogP contribution >= 0.6 is 0 Å². The van der Waals surface area contributed by atoms with Crippen LogP contribution in [0.25, 0.3) is 0 Å². The van der Waals surface area contributed by atoms with E-state index in [-0.39, 0.29) is 25.2 Å². The fourth-order valence-corrected chi connectivity index (χ4v) is 2.17. The lowest BCUT2D eigenvalue weighted by Gasteiger charge is -2.18. The van der Waals surface area contributed by atoms with E-state index in [0.717, 1.165) is 11.1 Å². The fraction of sp³-hybridized carbons (Fsp3) is 0.556. The number of ether oxygens (including phenoxy) is 2. The van der Waals surface area contributed by atoms with Gasteiger partial charge in [-0.1, -0.05) is 50.3 Å². The van der Waals surface area contributed by atoms with E-state index >= 15 is 0 Å². The Kier molecular flexibility index (Phi) is 9.01. The average molecular weight is 308 g/mol. The minimum absolute atomic E-state index is 0.0233. The molecular formula is C18H28O4. The molecule has 0 bridgehead atoms. The van der Waals surface area contributed by atoms with Gasteiger partial charge in [-0.15, -0.1) is 0 Å². The lowest BCUT2D eigenvalue weighted by molar-refractivity contribution is -0.0669. The van der Waals surface area contributed by atoms with Crippen LogP contribution in [0.15, 0.2) is 42.0 Å². The summed E-state index contributed by atoms with van der Waals surface area (Å²) in [6.45, 7) is 7.02. The summed E-state index contributed by atoms with van der Waals surface area (Å²) in [5.74, 6) is 0.0273. The van der Waals surface area contributed by atoms with E-state index in [1.165, 1.54) is 0 Å². The van der Waals surface area contributed by atoms with E-state index in [1.54, 1.807) is 0 Å². The Balaban J connectivity index is 2.21. The number of aliphatic hydroxyl groups excluding tert-OH is 2. The molecule has 22 heavy (non-hydrogen) atoms. The maximum absolute atomic E-state index is 9.98. The predicted octanol–water partition coefficient (Wildman–Crippen LogP) is 2.75. The molecule has 3 atom stereocenters. The smallest absolute Gasteiger partial charge is 0.147 e. The molecule has 0 saturated heterocycles. The molecule has 0 radical (unpaired) electrons. The Morgan fingerprint density at radius 1 is 1.18 bits per heavy atom. The maximum Gasteiger partial charge on any atom is 0.147 e. The van der Waals surface area contributed by atoms with Crippen LogP contribution in [0.3, 0.4) is 0 Å². The predicted molar refractivity (Wildman–Crippen MR) is 87.2 cm³/mol. The van der Waals surface area contributed by atoms with Gasteiger partial charge in [-0.25, -0.2) is 0 Å². The topological polar surface area (TPSA) is 58.9 Å². The number of rotatable bonds is 10. The van der Waals surface area contributed by atoms with Gasteiger partial charge >= 0.3 is 0 Å². The lowest BCUT2D eigenvalue weighted by Crippen LogP contribution is -2.22. The van der Waals surface area contributed by atoms with Crippen molar-refractivity contribution >= 4 is 0 Å². The van der Waals surface area contributed by atoms with Crippen LogP contribution in [-0.2, 0) is 16.1 Å². The summed E-state index contributed by atoms with van der Waals surface area (Å²) in [7, 11) is 0. The number of benzene rings is 1. The first kappa shape index (κ1) is 18.8. The van der Waals surface area contributed by atoms with E-state index in [2.05, 4.69) is 0 Å². The quantitative estimate of drug-likeness (QED) is 0.396. The van der Waals surface area contributed by atoms with Gasteiger partial charge in [0.2, 0.25) is 0 Å². The fourth-order valence-electron chi connectivity index (χ4n) is 2.17. The molecule has 0 aliphatic rings. The van der Waals surface area contributed by atoms with Crippen molar-refractivity contribution in [2.75, 3.05) is 20.0 Å². The third-order valence-electron chi connectivity index (χ3n) is 3.50. The Labute approximate surface area is 133 Å². The first-order chi connectivity index (χ1) is 10.5. The molecule has 4 nitrogen and oxygen atoms in total. The maximum atomic E-state index is 9.98. The first-order valence-corrected chi connectivity index (χ1v) is 7.71. The van der Waals surface area contributed by atoms with Crippen LogP contribution in [-0.4, -0.2) is 36.3 Å². The van der Waals surface area contributed by atoms with E-state index in [4.69, 9.17) is 14.6 Å². The zero-order valence-corrected chi connectivity index (χ0v) is 13.7. The van der Waals surface area contributed by atoms with E-state index in [0.29, 0.717) is 13.2 Å².